The van der Waals surface area contributed by atoms with Crippen LogP contribution >= 0.6 is 0 Å². The third-order valence-electron chi connectivity index (χ3n) is 4.14. The highest BCUT2D eigenvalue weighted by Crippen LogP contribution is 2.37. The highest BCUT2D eigenvalue weighted by Gasteiger charge is 2.43. The zero-order valence-corrected chi connectivity index (χ0v) is 12.0. The van der Waals surface area contributed by atoms with E-state index >= 15 is 0 Å². The van der Waals surface area contributed by atoms with Gasteiger partial charge in [-0.05, 0) is 32.7 Å². The van der Waals surface area contributed by atoms with Gasteiger partial charge in [0.05, 0.1) is 0 Å². The summed E-state index contributed by atoms with van der Waals surface area (Å²) in [4.78, 5) is 0. The van der Waals surface area contributed by atoms with E-state index in [9.17, 15) is 0 Å². The number of rotatable bonds is 5. The Morgan fingerprint density at radius 1 is 1.39 bits per heavy atom. The van der Waals surface area contributed by atoms with Crippen molar-refractivity contribution in [1.29, 1.82) is 0 Å². The monoisotopic (exact) mass is 251 g/mol. The smallest absolute Gasteiger partial charge is 0.224 e. The molecule has 5 heteroatoms. The van der Waals surface area contributed by atoms with Gasteiger partial charge in [0.15, 0.2) is 0 Å². The first-order valence-electron chi connectivity index (χ1n) is 7.04. The molecule has 0 aliphatic carbocycles. The van der Waals surface area contributed by atoms with Crippen LogP contribution in [0.3, 0.4) is 0 Å². The molecule has 1 aliphatic rings. The third kappa shape index (κ3) is 2.00. The summed E-state index contributed by atoms with van der Waals surface area (Å²) in [6.45, 7) is 12.7. The van der Waals surface area contributed by atoms with Gasteiger partial charge in [-0.25, -0.2) is 0 Å². The summed E-state index contributed by atoms with van der Waals surface area (Å²) in [6.07, 6.45) is 1.15. The van der Waals surface area contributed by atoms with Crippen LogP contribution in [-0.2, 0) is 12.0 Å². The molecule has 1 unspecified atom stereocenters. The van der Waals surface area contributed by atoms with Crippen molar-refractivity contribution in [3.63, 3.8) is 0 Å². The second-order valence-corrected chi connectivity index (χ2v) is 5.36. The van der Waals surface area contributed by atoms with Gasteiger partial charge in [-0.2, -0.15) is 0 Å². The summed E-state index contributed by atoms with van der Waals surface area (Å²) in [5.41, 5.74) is 0.136. The van der Waals surface area contributed by atoms with E-state index in [4.69, 9.17) is 0 Å². The quantitative estimate of drug-likeness (QED) is 0.835. The Bertz CT molecular complexity index is 390. The van der Waals surface area contributed by atoms with Crippen molar-refractivity contribution in [2.75, 3.05) is 25.0 Å². The number of anilines is 1. The van der Waals surface area contributed by atoms with Crippen LogP contribution in [0.4, 0.5) is 5.95 Å². The van der Waals surface area contributed by atoms with E-state index in [1.54, 1.807) is 0 Å². The van der Waals surface area contributed by atoms with Crippen molar-refractivity contribution in [3.05, 3.63) is 5.82 Å². The molecule has 1 atom stereocenters. The van der Waals surface area contributed by atoms with Crippen molar-refractivity contribution < 1.29 is 0 Å². The molecule has 0 amide bonds. The normalized spacial score (nSPS) is 23.8. The van der Waals surface area contributed by atoms with E-state index in [2.05, 4.69) is 53.1 Å². The summed E-state index contributed by atoms with van der Waals surface area (Å²) in [5.74, 6) is 2.61. The lowest BCUT2D eigenvalue weighted by atomic mass is 9.75. The molecule has 2 rings (SSSR count). The number of hydrogen-bond acceptors (Lipinski definition) is 4. The van der Waals surface area contributed by atoms with Crippen LogP contribution in [0.5, 0.6) is 0 Å². The molecule has 1 fully saturated rings. The van der Waals surface area contributed by atoms with Gasteiger partial charge < -0.3 is 10.6 Å². The third-order valence-corrected chi connectivity index (χ3v) is 4.14. The van der Waals surface area contributed by atoms with Crippen molar-refractivity contribution in [2.24, 2.45) is 5.92 Å². The van der Waals surface area contributed by atoms with Crippen LogP contribution in [0.25, 0.3) is 0 Å². The molecule has 0 spiro atoms. The highest BCUT2D eigenvalue weighted by molar-refractivity contribution is 5.29. The summed E-state index contributed by atoms with van der Waals surface area (Å²) in [7, 11) is 0. The zero-order valence-electron chi connectivity index (χ0n) is 12.0. The van der Waals surface area contributed by atoms with Crippen LogP contribution < -0.4 is 10.6 Å². The fourth-order valence-electron chi connectivity index (χ4n) is 2.91. The summed E-state index contributed by atoms with van der Waals surface area (Å²) in [6, 6.07) is 0. The first-order valence-corrected chi connectivity index (χ1v) is 7.04. The number of nitrogens with one attached hydrogen (secondary N) is 2. The van der Waals surface area contributed by atoms with Gasteiger partial charge in [-0.3, -0.25) is 4.57 Å². The van der Waals surface area contributed by atoms with Gasteiger partial charge in [-0.15, -0.1) is 10.2 Å². The Balaban J connectivity index is 2.42. The maximum Gasteiger partial charge on any atom is 0.224 e. The molecule has 2 N–H and O–H groups in total. The summed E-state index contributed by atoms with van der Waals surface area (Å²) < 4.78 is 2.23. The predicted octanol–water partition coefficient (Wildman–Crippen LogP) is 1.62. The Labute approximate surface area is 109 Å². The van der Waals surface area contributed by atoms with Crippen LogP contribution in [0.1, 0.15) is 39.9 Å². The minimum absolute atomic E-state index is 0.136. The molecular weight excluding hydrogens is 226 g/mol. The molecule has 5 nitrogen and oxygen atoms in total. The van der Waals surface area contributed by atoms with Crippen LogP contribution in [0, 0.1) is 5.92 Å². The van der Waals surface area contributed by atoms with E-state index < -0.39 is 0 Å². The lowest BCUT2D eigenvalue weighted by Gasteiger charge is -2.31. The minimum Gasteiger partial charge on any atom is -0.355 e. The van der Waals surface area contributed by atoms with E-state index in [0.29, 0.717) is 5.92 Å². The van der Waals surface area contributed by atoms with Crippen LogP contribution in [-0.4, -0.2) is 34.4 Å². The second kappa shape index (κ2) is 5.26. The largest absolute Gasteiger partial charge is 0.355 e. The van der Waals surface area contributed by atoms with Crippen molar-refractivity contribution in [1.82, 2.24) is 20.1 Å². The Kier molecular flexibility index (Phi) is 3.90. The lowest BCUT2D eigenvalue weighted by molar-refractivity contribution is 0.306. The highest BCUT2D eigenvalue weighted by atomic mass is 15.4. The molecule has 0 aromatic carbocycles. The van der Waals surface area contributed by atoms with Crippen molar-refractivity contribution >= 4 is 5.95 Å². The van der Waals surface area contributed by atoms with Gasteiger partial charge in [0.2, 0.25) is 5.95 Å². The van der Waals surface area contributed by atoms with E-state index in [1.165, 1.54) is 0 Å². The van der Waals surface area contributed by atoms with Crippen LogP contribution in [0.2, 0.25) is 0 Å². The van der Waals surface area contributed by atoms with Gasteiger partial charge in [0, 0.05) is 25.0 Å². The molecule has 1 aliphatic heterocycles. The predicted molar refractivity (Wildman–Crippen MR) is 73.9 cm³/mol. The topological polar surface area (TPSA) is 54.8 Å². The number of hydrogen-bond donors (Lipinski definition) is 2. The first kappa shape index (κ1) is 13.3. The summed E-state index contributed by atoms with van der Waals surface area (Å²) in [5, 5.41) is 15.6. The molecule has 0 bridgehead atoms. The molecule has 1 aromatic heterocycles. The number of aromatic nitrogens is 3. The molecule has 0 saturated carbocycles. The summed E-state index contributed by atoms with van der Waals surface area (Å²) >= 11 is 0. The molecular formula is C13H25N5. The van der Waals surface area contributed by atoms with Gasteiger partial charge >= 0.3 is 0 Å². The fraction of sp³-hybridized carbons (Fsp3) is 0.846. The Morgan fingerprint density at radius 2 is 2.17 bits per heavy atom. The average Bonchev–Trinajstić information content (AvgIpc) is 2.95. The molecule has 1 aromatic rings. The van der Waals surface area contributed by atoms with E-state index in [0.717, 1.165) is 44.4 Å². The van der Waals surface area contributed by atoms with Crippen molar-refractivity contribution in [3.8, 4) is 0 Å². The van der Waals surface area contributed by atoms with Crippen LogP contribution in [0.15, 0.2) is 0 Å². The van der Waals surface area contributed by atoms with Crippen molar-refractivity contribution in [2.45, 2.75) is 46.1 Å². The molecule has 0 radical (unpaired) electrons. The standard InChI is InChI=1S/C13H25N5/c1-5-15-12-17-16-11(18(12)6-2)13(10(3)4)7-8-14-9-13/h10,14H,5-9H2,1-4H3,(H,15,17). The number of nitrogens with zero attached hydrogens (tertiary/aromatic N) is 3. The molecule has 102 valence electrons. The maximum absolute atomic E-state index is 4.49. The first-order chi connectivity index (χ1) is 8.65. The molecule has 18 heavy (non-hydrogen) atoms. The van der Waals surface area contributed by atoms with Gasteiger partial charge in [0.25, 0.3) is 0 Å². The van der Waals surface area contributed by atoms with Gasteiger partial charge in [0.1, 0.15) is 5.82 Å². The van der Waals surface area contributed by atoms with E-state index in [1.807, 2.05) is 0 Å². The zero-order chi connectivity index (χ0) is 13.2. The SMILES string of the molecule is CCNc1nnc(C2(C(C)C)CCNC2)n1CC. The van der Waals surface area contributed by atoms with E-state index in [-0.39, 0.29) is 5.41 Å². The van der Waals surface area contributed by atoms with Gasteiger partial charge in [-0.1, -0.05) is 13.8 Å². The maximum atomic E-state index is 4.49. The fourth-order valence-corrected chi connectivity index (χ4v) is 2.91. The molecule has 2 heterocycles. The Morgan fingerprint density at radius 3 is 2.67 bits per heavy atom. The second-order valence-electron chi connectivity index (χ2n) is 5.36. The molecule has 1 saturated heterocycles. The lowest BCUT2D eigenvalue weighted by Crippen LogP contribution is -2.37. The minimum atomic E-state index is 0.136. The average molecular weight is 251 g/mol. The Hall–Kier alpha value is -1.10.